The Morgan fingerprint density at radius 2 is 0.718 bits per heavy atom. The number of benzene rings is 11. The molecule has 0 bridgehead atoms. The van der Waals surface area contributed by atoms with Gasteiger partial charge in [-0.05, 0) is 181 Å². The van der Waals surface area contributed by atoms with E-state index in [9.17, 15) is 0 Å². The van der Waals surface area contributed by atoms with Crippen LogP contribution in [0.3, 0.4) is 0 Å². The maximum absolute atomic E-state index is 6.50. The summed E-state index contributed by atoms with van der Waals surface area (Å²) in [7, 11) is 0. The molecule has 382 valence electrons. The van der Waals surface area contributed by atoms with E-state index in [1.165, 1.54) is 116 Å². The summed E-state index contributed by atoms with van der Waals surface area (Å²) >= 11 is 0. The van der Waals surface area contributed by atoms with Gasteiger partial charge in [0.2, 0.25) is 0 Å². The van der Waals surface area contributed by atoms with Gasteiger partial charge in [0.1, 0.15) is 11.2 Å². The maximum atomic E-state index is 6.50. The molecule has 0 N–H and O–H groups in total. The molecule has 0 unspecified atom stereocenters. The van der Waals surface area contributed by atoms with Gasteiger partial charge in [0, 0.05) is 44.9 Å². The number of anilines is 6. The summed E-state index contributed by atoms with van der Waals surface area (Å²) in [6.07, 6.45) is 0. The Labute approximate surface area is 460 Å². The molecule has 3 nitrogen and oxygen atoms in total. The lowest BCUT2D eigenvalue weighted by Gasteiger charge is -2.45. The van der Waals surface area contributed by atoms with Crippen molar-refractivity contribution in [2.75, 3.05) is 9.80 Å². The normalized spacial score (nSPS) is 13.8. The molecule has 0 aliphatic carbocycles. The highest BCUT2D eigenvalue weighted by Gasteiger charge is 2.45. The molecular formula is C74H67BN2O. The number of para-hydroxylation sites is 1. The number of fused-ring (bicyclic) bond motifs is 13. The number of hydrogen-bond acceptors (Lipinski definition) is 3. The van der Waals surface area contributed by atoms with Crippen molar-refractivity contribution in [3.63, 3.8) is 0 Å². The molecule has 12 aromatic rings. The predicted octanol–water partition coefficient (Wildman–Crippen LogP) is 19.1. The van der Waals surface area contributed by atoms with E-state index < -0.39 is 0 Å². The zero-order valence-corrected chi connectivity index (χ0v) is 47.3. The molecule has 0 saturated heterocycles. The Morgan fingerprint density at radius 3 is 1.18 bits per heavy atom. The van der Waals surface area contributed by atoms with Crippen LogP contribution in [0, 0.1) is 0 Å². The first kappa shape index (κ1) is 48.3. The predicted molar refractivity (Wildman–Crippen MR) is 338 cm³/mol. The van der Waals surface area contributed by atoms with Crippen LogP contribution in [0.1, 0.15) is 105 Å². The van der Waals surface area contributed by atoms with Crippen molar-refractivity contribution >= 4 is 122 Å². The monoisotopic (exact) mass is 1010 g/mol. The second-order valence-electron chi connectivity index (χ2n) is 26.7. The zero-order chi connectivity index (χ0) is 53.9. The van der Waals surface area contributed by atoms with Crippen molar-refractivity contribution in [1.29, 1.82) is 0 Å². The van der Waals surface area contributed by atoms with E-state index in [4.69, 9.17) is 4.42 Å². The van der Waals surface area contributed by atoms with Crippen LogP contribution < -0.4 is 26.2 Å². The highest BCUT2D eigenvalue weighted by atomic mass is 16.3. The third-order valence-corrected chi connectivity index (χ3v) is 17.3. The molecule has 0 atom stereocenters. The fourth-order valence-electron chi connectivity index (χ4n) is 12.8. The molecule has 2 aliphatic heterocycles. The highest BCUT2D eigenvalue weighted by Crippen LogP contribution is 2.50. The van der Waals surface area contributed by atoms with Crippen molar-refractivity contribution < 1.29 is 4.42 Å². The van der Waals surface area contributed by atoms with Crippen LogP contribution in [0.25, 0.3) is 76.2 Å². The lowest BCUT2D eigenvalue weighted by Crippen LogP contribution is -2.61. The van der Waals surface area contributed by atoms with E-state index in [1.807, 2.05) is 0 Å². The third-order valence-electron chi connectivity index (χ3n) is 17.3. The van der Waals surface area contributed by atoms with Crippen LogP contribution in [0.15, 0.2) is 192 Å². The average molecular weight is 1010 g/mol. The largest absolute Gasteiger partial charge is 0.456 e. The summed E-state index contributed by atoms with van der Waals surface area (Å²) < 4.78 is 6.50. The fraction of sp³-hybridized carbons (Fsp3) is 0.216. The van der Waals surface area contributed by atoms with E-state index >= 15 is 0 Å². The van der Waals surface area contributed by atoms with E-state index in [0.29, 0.717) is 0 Å². The van der Waals surface area contributed by atoms with Gasteiger partial charge in [-0.25, -0.2) is 0 Å². The second-order valence-corrected chi connectivity index (χ2v) is 26.7. The maximum Gasteiger partial charge on any atom is 0.252 e. The minimum atomic E-state index is -0.107. The molecule has 3 heterocycles. The van der Waals surface area contributed by atoms with Gasteiger partial charge in [-0.2, -0.15) is 0 Å². The van der Waals surface area contributed by atoms with Crippen molar-refractivity contribution in [1.82, 2.24) is 0 Å². The minimum Gasteiger partial charge on any atom is -0.456 e. The van der Waals surface area contributed by atoms with E-state index in [2.05, 4.69) is 281 Å². The summed E-state index contributed by atoms with van der Waals surface area (Å²) in [5.74, 6) is 0. The van der Waals surface area contributed by atoms with Crippen molar-refractivity contribution in [2.45, 2.75) is 105 Å². The van der Waals surface area contributed by atoms with Crippen LogP contribution in [-0.2, 0) is 21.7 Å². The number of furan rings is 1. The molecule has 14 rings (SSSR count). The van der Waals surface area contributed by atoms with Gasteiger partial charge in [0.05, 0.1) is 0 Å². The van der Waals surface area contributed by atoms with E-state index in [-0.39, 0.29) is 28.4 Å². The van der Waals surface area contributed by atoms with Gasteiger partial charge in [-0.1, -0.05) is 204 Å². The topological polar surface area (TPSA) is 19.6 Å². The van der Waals surface area contributed by atoms with Crippen LogP contribution >= 0.6 is 0 Å². The van der Waals surface area contributed by atoms with Gasteiger partial charge in [-0.15, -0.1) is 0 Å². The van der Waals surface area contributed by atoms with Crippen LogP contribution in [0.4, 0.5) is 34.1 Å². The summed E-state index contributed by atoms with van der Waals surface area (Å²) in [6.45, 7) is 28.2. The Balaban J connectivity index is 1.18. The molecule has 0 amide bonds. The van der Waals surface area contributed by atoms with Gasteiger partial charge in [0.25, 0.3) is 6.71 Å². The molecule has 0 spiro atoms. The third kappa shape index (κ3) is 7.61. The highest BCUT2D eigenvalue weighted by molar-refractivity contribution is 7.00. The Morgan fingerprint density at radius 1 is 0.308 bits per heavy atom. The fourth-order valence-corrected chi connectivity index (χ4v) is 12.8. The first-order valence-electron chi connectivity index (χ1n) is 28.1. The smallest absolute Gasteiger partial charge is 0.252 e. The van der Waals surface area contributed by atoms with Gasteiger partial charge in [-0.3, -0.25) is 0 Å². The number of hydrogen-bond donors (Lipinski definition) is 0. The molecule has 2 aliphatic rings. The van der Waals surface area contributed by atoms with E-state index in [0.717, 1.165) is 33.1 Å². The van der Waals surface area contributed by atoms with Gasteiger partial charge < -0.3 is 14.2 Å². The first-order valence-corrected chi connectivity index (χ1v) is 28.1. The molecule has 0 saturated carbocycles. The lowest BCUT2D eigenvalue weighted by atomic mass is 9.33. The number of rotatable bonds is 3. The molecule has 4 heteroatoms. The molecule has 0 radical (unpaired) electrons. The van der Waals surface area contributed by atoms with Crippen molar-refractivity contribution in [3.05, 3.63) is 210 Å². The lowest BCUT2D eigenvalue weighted by molar-refractivity contribution is 0.568. The number of nitrogens with zero attached hydrogens (tertiary/aromatic N) is 2. The van der Waals surface area contributed by atoms with Crippen molar-refractivity contribution in [3.8, 4) is 11.1 Å². The van der Waals surface area contributed by atoms with Crippen LogP contribution in [0.5, 0.6) is 0 Å². The van der Waals surface area contributed by atoms with Gasteiger partial charge in [0.15, 0.2) is 0 Å². The molecule has 1 aromatic heterocycles. The Bertz CT molecular complexity index is 4220. The van der Waals surface area contributed by atoms with Crippen molar-refractivity contribution in [2.24, 2.45) is 0 Å². The summed E-state index contributed by atoms with van der Waals surface area (Å²) in [6, 6.07) is 72.5. The van der Waals surface area contributed by atoms with Crippen LogP contribution in [-0.4, -0.2) is 6.71 Å². The Hall–Kier alpha value is -8.08. The summed E-state index contributed by atoms with van der Waals surface area (Å²) in [5.41, 5.74) is 20.0. The zero-order valence-electron chi connectivity index (χ0n) is 47.3. The Kier molecular flexibility index (Phi) is 10.4. The quantitative estimate of drug-likeness (QED) is 0.130. The standard InChI is InChI=1S/C74H67BN2O/c1-71(2,3)50-36-51(72(4,5)6)39-54(38-50)76-64-42-59-47(27-25-44-19-13-15-21-56(44)59)32-62(64)75-63-33-48-28-26-45-20-14-16-22-57(45)60(48)43-65(63)77(55-40-52(73(7,8)9)37-53(41-55)74(10,11)12)67-35-49(34-66(76)70(67)75)46-29-30-69-61(31-46)58-23-17-18-24-68(58)78-69/h13-43H,1-12H3. The second kappa shape index (κ2) is 16.7. The average Bonchev–Trinajstić information content (AvgIpc) is 3.21. The summed E-state index contributed by atoms with van der Waals surface area (Å²) in [5, 5.41) is 12.3. The first-order chi connectivity index (χ1) is 37.2. The van der Waals surface area contributed by atoms with Gasteiger partial charge >= 0.3 is 0 Å². The molecule has 78 heavy (non-hydrogen) atoms. The van der Waals surface area contributed by atoms with Crippen LogP contribution in [0.2, 0.25) is 0 Å². The minimum absolute atomic E-state index is 0.102. The SMILES string of the molecule is CC(C)(C)c1cc(N2c3cc4c(ccc5ccccc54)cc3B3c4cc5ccc6ccccc6c5cc4N(c4cc(C(C)(C)C)cc(C(C)(C)C)c4)c4cc(-c5ccc6oc7ccccc7c6c5)cc2c43)cc(C(C)(C)C)c1. The molecule has 11 aromatic carbocycles. The van der Waals surface area contributed by atoms with E-state index in [1.54, 1.807) is 0 Å². The summed E-state index contributed by atoms with van der Waals surface area (Å²) in [4.78, 5) is 5.32. The molecular weight excluding hydrogens is 944 g/mol. The molecule has 0 fully saturated rings.